The van der Waals surface area contributed by atoms with Crippen LogP contribution in [0.25, 0.3) is 16.9 Å². The summed E-state index contributed by atoms with van der Waals surface area (Å²) in [5.74, 6) is 1.77. The van der Waals surface area contributed by atoms with Gasteiger partial charge in [0.1, 0.15) is 11.5 Å². The molecular formula is C21H23NO2. The molecule has 1 aromatic heterocycles. The molecule has 0 spiro atoms. The van der Waals surface area contributed by atoms with Gasteiger partial charge >= 0.3 is 0 Å². The molecule has 3 rings (SSSR count). The molecule has 124 valence electrons. The summed E-state index contributed by atoms with van der Waals surface area (Å²) in [7, 11) is 1.69. The lowest BCUT2D eigenvalue weighted by molar-refractivity contribution is 0.317. The van der Waals surface area contributed by atoms with Gasteiger partial charge < -0.3 is 14.0 Å². The topological polar surface area (TPSA) is 23.4 Å². The maximum Gasteiger partial charge on any atom is 0.120 e. The Labute approximate surface area is 143 Å². The van der Waals surface area contributed by atoms with Crippen molar-refractivity contribution in [1.82, 2.24) is 4.57 Å². The molecule has 3 nitrogen and oxygen atoms in total. The Hall–Kier alpha value is -2.68. The van der Waals surface area contributed by atoms with Gasteiger partial charge in [0.05, 0.1) is 19.4 Å². The van der Waals surface area contributed by atoms with E-state index in [1.54, 1.807) is 7.11 Å². The van der Waals surface area contributed by atoms with Crippen LogP contribution in [-0.4, -0.2) is 18.3 Å². The SMILES string of the molecule is CCCOc1ccc(-c2ccc(C)n2-c2cccc(OC)c2)cc1. The van der Waals surface area contributed by atoms with Crippen LogP contribution in [0.5, 0.6) is 11.5 Å². The van der Waals surface area contributed by atoms with Gasteiger partial charge in [-0.3, -0.25) is 0 Å². The van der Waals surface area contributed by atoms with E-state index in [9.17, 15) is 0 Å². The quantitative estimate of drug-likeness (QED) is 0.619. The van der Waals surface area contributed by atoms with Crippen molar-refractivity contribution in [3.63, 3.8) is 0 Å². The minimum Gasteiger partial charge on any atom is -0.497 e. The van der Waals surface area contributed by atoms with Gasteiger partial charge in [-0.2, -0.15) is 0 Å². The molecule has 0 unspecified atom stereocenters. The van der Waals surface area contributed by atoms with Crippen LogP contribution < -0.4 is 9.47 Å². The first-order valence-corrected chi connectivity index (χ1v) is 8.29. The lowest BCUT2D eigenvalue weighted by atomic mass is 10.1. The first-order valence-electron chi connectivity index (χ1n) is 8.29. The fourth-order valence-corrected chi connectivity index (χ4v) is 2.80. The van der Waals surface area contributed by atoms with Crippen molar-refractivity contribution < 1.29 is 9.47 Å². The number of rotatable bonds is 6. The highest BCUT2D eigenvalue weighted by Crippen LogP contribution is 2.29. The number of methoxy groups -OCH3 is 1. The van der Waals surface area contributed by atoms with Crippen molar-refractivity contribution in [2.45, 2.75) is 20.3 Å². The van der Waals surface area contributed by atoms with E-state index in [1.807, 2.05) is 24.3 Å². The molecule has 2 aromatic carbocycles. The van der Waals surface area contributed by atoms with Gasteiger partial charge in [-0.05, 0) is 67.4 Å². The van der Waals surface area contributed by atoms with Gasteiger partial charge in [-0.15, -0.1) is 0 Å². The monoisotopic (exact) mass is 321 g/mol. The number of aromatic nitrogens is 1. The van der Waals surface area contributed by atoms with Gasteiger partial charge in [0.15, 0.2) is 0 Å². The third-order valence-electron chi connectivity index (χ3n) is 4.01. The molecule has 0 bridgehead atoms. The summed E-state index contributed by atoms with van der Waals surface area (Å²) in [5, 5.41) is 0. The number of aryl methyl sites for hydroxylation is 1. The fraction of sp³-hybridized carbons (Fsp3) is 0.238. The van der Waals surface area contributed by atoms with Crippen LogP contribution in [0, 0.1) is 6.92 Å². The number of nitrogens with zero attached hydrogens (tertiary/aromatic N) is 1. The predicted octanol–water partition coefficient (Wildman–Crippen LogP) is 5.25. The van der Waals surface area contributed by atoms with Gasteiger partial charge in [-0.25, -0.2) is 0 Å². The minimum absolute atomic E-state index is 0.749. The van der Waals surface area contributed by atoms with Crippen molar-refractivity contribution in [3.05, 3.63) is 66.4 Å². The molecule has 0 aliphatic carbocycles. The van der Waals surface area contributed by atoms with Gasteiger partial charge in [0, 0.05) is 17.4 Å². The number of ether oxygens (including phenoxy) is 2. The summed E-state index contributed by atoms with van der Waals surface area (Å²) < 4.78 is 13.3. The highest BCUT2D eigenvalue weighted by Gasteiger charge is 2.10. The van der Waals surface area contributed by atoms with Crippen LogP contribution >= 0.6 is 0 Å². The molecule has 0 aliphatic rings. The van der Waals surface area contributed by atoms with E-state index in [1.165, 1.54) is 5.69 Å². The van der Waals surface area contributed by atoms with Crippen molar-refractivity contribution in [2.75, 3.05) is 13.7 Å². The van der Waals surface area contributed by atoms with Crippen LogP contribution in [0.15, 0.2) is 60.7 Å². The Morgan fingerprint density at radius 2 is 1.71 bits per heavy atom. The standard InChI is InChI=1S/C21H23NO2/c1-4-14-24-19-11-9-17(10-12-19)21-13-8-16(2)22(21)18-6-5-7-20(15-18)23-3/h5-13,15H,4,14H2,1-3H3. The molecule has 0 N–H and O–H groups in total. The Morgan fingerprint density at radius 1 is 0.917 bits per heavy atom. The summed E-state index contributed by atoms with van der Waals surface area (Å²) in [6.07, 6.45) is 1.01. The van der Waals surface area contributed by atoms with Crippen molar-refractivity contribution in [3.8, 4) is 28.4 Å². The maximum absolute atomic E-state index is 5.67. The molecule has 0 fully saturated rings. The second-order valence-electron chi connectivity index (χ2n) is 5.77. The number of hydrogen-bond donors (Lipinski definition) is 0. The Kier molecular flexibility index (Phi) is 4.90. The molecule has 0 radical (unpaired) electrons. The normalized spacial score (nSPS) is 10.6. The zero-order valence-corrected chi connectivity index (χ0v) is 14.5. The smallest absolute Gasteiger partial charge is 0.120 e. The predicted molar refractivity (Wildman–Crippen MR) is 98.3 cm³/mol. The van der Waals surface area contributed by atoms with Gasteiger partial charge in [0.2, 0.25) is 0 Å². The highest BCUT2D eigenvalue weighted by molar-refractivity contribution is 5.65. The summed E-state index contributed by atoms with van der Waals surface area (Å²) in [5.41, 5.74) is 4.60. The zero-order chi connectivity index (χ0) is 16.9. The molecule has 0 atom stereocenters. The van der Waals surface area contributed by atoms with Gasteiger partial charge in [0.25, 0.3) is 0 Å². The Morgan fingerprint density at radius 3 is 2.42 bits per heavy atom. The highest BCUT2D eigenvalue weighted by atomic mass is 16.5. The Bertz CT molecular complexity index is 803. The van der Waals surface area contributed by atoms with Gasteiger partial charge in [-0.1, -0.05) is 13.0 Å². The lowest BCUT2D eigenvalue weighted by Gasteiger charge is -2.13. The van der Waals surface area contributed by atoms with E-state index in [0.717, 1.165) is 41.5 Å². The van der Waals surface area contributed by atoms with Crippen LogP contribution in [0.1, 0.15) is 19.0 Å². The summed E-state index contributed by atoms with van der Waals surface area (Å²) in [6, 6.07) is 20.7. The lowest BCUT2D eigenvalue weighted by Crippen LogP contribution is -1.99. The summed E-state index contributed by atoms with van der Waals surface area (Å²) >= 11 is 0. The first-order chi connectivity index (χ1) is 11.7. The molecule has 1 heterocycles. The average Bonchev–Trinajstić information content (AvgIpc) is 3.02. The number of benzene rings is 2. The molecule has 0 saturated carbocycles. The fourth-order valence-electron chi connectivity index (χ4n) is 2.80. The van der Waals surface area contributed by atoms with E-state index >= 15 is 0 Å². The number of hydrogen-bond acceptors (Lipinski definition) is 2. The van der Waals surface area contributed by atoms with E-state index in [-0.39, 0.29) is 0 Å². The van der Waals surface area contributed by atoms with E-state index < -0.39 is 0 Å². The first kappa shape index (κ1) is 16.2. The third-order valence-corrected chi connectivity index (χ3v) is 4.01. The van der Waals surface area contributed by atoms with Crippen molar-refractivity contribution in [1.29, 1.82) is 0 Å². The third kappa shape index (κ3) is 3.30. The van der Waals surface area contributed by atoms with Crippen LogP contribution in [-0.2, 0) is 0 Å². The van der Waals surface area contributed by atoms with E-state index in [0.29, 0.717) is 0 Å². The molecular weight excluding hydrogens is 298 g/mol. The minimum atomic E-state index is 0.749. The molecule has 24 heavy (non-hydrogen) atoms. The zero-order valence-electron chi connectivity index (χ0n) is 14.5. The molecule has 3 heteroatoms. The molecule has 3 aromatic rings. The van der Waals surface area contributed by atoms with E-state index in [2.05, 4.69) is 54.8 Å². The Balaban J connectivity index is 1.97. The van der Waals surface area contributed by atoms with Crippen LogP contribution in [0.3, 0.4) is 0 Å². The van der Waals surface area contributed by atoms with E-state index in [4.69, 9.17) is 9.47 Å². The second-order valence-corrected chi connectivity index (χ2v) is 5.77. The molecule has 0 aliphatic heterocycles. The second kappa shape index (κ2) is 7.26. The van der Waals surface area contributed by atoms with Crippen LogP contribution in [0.4, 0.5) is 0 Å². The summed E-state index contributed by atoms with van der Waals surface area (Å²) in [4.78, 5) is 0. The molecule has 0 saturated heterocycles. The summed E-state index contributed by atoms with van der Waals surface area (Å²) in [6.45, 7) is 4.97. The average molecular weight is 321 g/mol. The van der Waals surface area contributed by atoms with Crippen molar-refractivity contribution in [2.24, 2.45) is 0 Å². The molecule has 0 amide bonds. The van der Waals surface area contributed by atoms with Crippen molar-refractivity contribution >= 4 is 0 Å². The van der Waals surface area contributed by atoms with Crippen LogP contribution in [0.2, 0.25) is 0 Å². The maximum atomic E-state index is 5.67. The largest absolute Gasteiger partial charge is 0.497 e.